The van der Waals surface area contributed by atoms with E-state index in [2.05, 4.69) is 19.2 Å². The van der Waals surface area contributed by atoms with Crippen molar-refractivity contribution in [1.82, 2.24) is 5.32 Å². The third kappa shape index (κ3) is 5.71. The van der Waals surface area contributed by atoms with Crippen LogP contribution in [0.3, 0.4) is 0 Å². The number of rotatable bonds is 8. The summed E-state index contributed by atoms with van der Waals surface area (Å²) in [6.45, 7) is 6.73. The van der Waals surface area contributed by atoms with Gasteiger partial charge in [-0.25, -0.2) is 0 Å². The molecule has 0 radical (unpaired) electrons. The third-order valence-corrected chi connectivity index (χ3v) is 2.73. The van der Waals surface area contributed by atoms with Crippen LogP contribution in [0.5, 0.6) is 5.75 Å². The Morgan fingerprint density at radius 1 is 1.24 bits per heavy atom. The van der Waals surface area contributed by atoms with Crippen molar-refractivity contribution >= 4 is 0 Å². The van der Waals surface area contributed by atoms with Crippen LogP contribution in [0.15, 0.2) is 24.3 Å². The van der Waals surface area contributed by atoms with Crippen molar-refractivity contribution < 1.29 is 9.84 Å². The Bertz CT molecular complexity index is 298. The number of hydrogen-bond donors (Lipinski definition) is 2. The number of benzene rings is 1. The first-order valence-electron chi connectivity index (χ1n) is 6.34. The minimum absolute atomic E-state index is 0.283. The number of unbranched alkanes of at least 4 members (excludes halogenated alkanes) is 1. The van der Waals surface area contributed by atoms with Gasteiger partial charge in [0.2, 0.25) is 0 Å². The summed E-state index contributed by atoms with van der Waals surface area (Å²) >= 11 is 0. The molecule has 1 atom stereocenters. The number of ether oxygens (including phenoxy) is 1. The topological polar surface area (TPSA) is 41.5 Å². The predicted octanol–water partition coefficient (Wildman–Crippen LogP) is 2.86. The summed E-state index contributed by atoms with van der Waals surface area (Å²) in [5, 5.41) is 12.6. The van der Waals surface area contributed by atoms with Crippen LogP contribution in [0.2, 0.25) is 0 Å². The summed E-state index contributed by atoms with van der Waals surface area (Å²) in [5.74, 6) is 0.309. The molecule has 1 aromatic carbocycles. The van der Waals surface area contributed by atoms with E-state index in [1.54, 1.807) is 12.1 Å². The number of hydrogen-bond acceptors (Lipinski definition) is 3. The van der Waals surface area contributed by atoms with E-state index in [0.29, 0.717) is 5.75 Å². The third-order valence-electron chi connectivity index (χ3n) is 2.73. The van der Waals surface area contributed by atoms with Crippen molar-refractivity contribution in [3.63, 3.8) is 0 Å². The smallest absolute Gasteiger partial charge is 0.115 e. The standard InChI is InChI=1S/C14H23NO2/c1-3-4-10-17-11-9-15-12(2)13-5-7-14(16)8-6-13/h5-8,12,15-16H,3-4,9-11H2,1-2H3. The molecule has 1 unspecified atom stereocenters. The van der Waals surface area contributed by atoms with Gasteiger partial charge in [-0.1, -0.05) is 25.5 Å². The zero-order chi connectivity index (χ0) is 12.5. The summed E-state index contributed by atoms with van der Waals surface area (Å²) in [6.07, 6.45) is 2.31. The van der Waals surface area contributed by atoms with Gasteiger partial charge in [0.1, 0.15) is 5.75 Å². The van der Waals surface area contributed by atoms with Crippen molar-refractivity contribution in [3.05, 3.63) is 29.8 Å². The molecule has 0 fully saturated rings. The van der Waals surface area contributed by atoms with E-state index in [0.717, 1.165) is 26.2 Å². The number of aromatic hydroxyl groups is 1. The van der Waals surface area contributed by atoms with Gasteiger partial charge in [0.25, 0.3) is 0 Å². The van der Waals surface area contributed by atoms with Crippen molar-refractivity contribution in [2.75, 3.05) is 19.8 Å². The van der Waals surface area contributed by atoms with E-state index in [-0.39, 0.29) is 6.04 Å². The Hall–Kier alpha value is -1.06. The summed E-state index contributed by atoms with van der Waals surface area (Å²) in [6, 6.07) is 7.58. The summed E-state index contributed by atoms with van der Waals surface area (Å²) in [5.41, 5.74) is 1.18. The van der Waals surface area contributed by atoms with Crippen LogP contribution in [0.1, 0.15) is 38.3 Å². The van der Waals surface area contributed by atoms with Gasteiger partial charge in [0.05, 0.1) is 6.61 Å². The normalized spacial score (nSPS) is 12.6. The van der Waals surface area contributed by atoms with Crippen LogP contribution >= 0.6 is 0 Å². The molecule has 96 valence electrons. The van der Waals surface area contributed by atoms with Crippen LogP contribution in [0.4, 0.5) is 0 Å². The first kappa shape index (κ1) is 14.0. The Labute approximate surface area is 104 Å². The summed E-state index contributed by atoms with van der Waals surface area (Å²) in [7, 11) is 0. The van der Waals surface area contributed by atoms with Gasteiger partial charge < -0.3 is 15.2 Å². The molecule has 0 aliphatic heterocycles. The highest BCUT2D eigenvalue weighted by molar-refractivity contribution is 5.27. The van der Waals surface area contributed by atoms with Gasteiger partial charge in [-0.05, 0) is 31.0 Å². The maximum absolute atomic E-state index is 9.19. The second-order valence-corrected chi connectivity index (χ2v) is 4.23. The number of phenols is 1. The first-order chi connectivity index (χ1) is 8.24. The second kappa shape index (κ2) is 8.09. The SMILES string of the molecule is CCCCOCCNC(C)c1ccc(O)cc1. The molecule has 1 aromatic rings. The molecule has 0 spiro atoms. The Balaban J connectivity index is 2.16. The molecule has 0 aliphatic carbocycles. The van der Waals surface area contributed by atoms with Crippen LogP contribution in [0.25, 0.3) is 0 Å². The molecule has 0 amide bonds. The molecule has 2 N–H and O–H groups in total. The maximum atomic E-state index is 9.19. The minimum atomic E-state index is 0.283. The van der Waals surface area contributed by atoms with Crippen LogP contribution in [-0.4, -0.2) is 24.9 Å². The quantitative estimate of drug-likeness (QED) is 0.683. The van der Waals surface area contributed by atoms with E-state index in [1.165, 1.54) is 12.0 Å². The molecule has 0 aliphatic rings. The van der Waals surface area contributed by atoms with E-state index < -0.39 is 0 Å². The molecule has 0 saturated carbocycles. The molecule has 1 rings (SSSR count). The van der Waals surface area contributed by atoms with Gasteiger partial charge in [-0.15, -0.1) is 0 Å². The molecule has 3 heteroatoms. The van der Waals surface area contributed by atoms with Gasteiger partial charge in [0, 0.05) is 19.2 Å². The lowest BCUT2D eigenvalue weighted by atomic mass is 10.1. The zero-order valence-electron chi connectivity index (χ0n) is 10.8. The Morgan fingerprint density at radius 3 is 2.59 bits per heavy atom. The van der Waals surface area contributed by atoms with Gasteiger partial charge >= 0.3 is 0 Å². The van der Waals surface area contributed by atoms with E-state index in [1.807, 2.05) is 12.1 Å². The lowest BCUT2D eigenvalue weighted by Gasteiger charge is -2.14. The van der Waals surface area contributed by atoms with Crippen LogP contribution in [0, 0.1) is 0 Å². The Morgan fingerprint density at radius 2 is 1.94 bits per heavy atom. The fourth-order valence-corrected chi connectivity index (χ4v) is 1.58. The molecule has 0 heterocycles. The van der Waals surface area contributed by atoms with Crippen molar-refractivity contribution in [2.24, 2.45) is 0 Å². The largest absolute Gasteiger partial charge is 0.508 e. The molecular formula is C14H23NO2. The van der Waals surface area contributed by atoms with Crippen molar-refractivity contribution in [2.45, 2.75) is 32.7 Å². The number of nitrogens with one attached hydrogen (secondary N) is 1. The van der Waals surface area contributed by atoms with Gasteiger partial charge in [0.15, 0.2) is 0 Å². The lowest BCUT2D eigenvalue weighted by molar-refractivity contribution is 0.131. The molecule has 0 aromatic heterocycles. The predicted molar refractivity (Wildman–Crippen MR) is 70.3 cm³/mol. The highest BCUT2D eigenvalue weighted by Crippen LogP contribution is 2.15. The van der Waals surface area contributed by atoms with Crippen molar-refractivity contribution in [1.29, 1.82) is 0 Å². The fourth-order valence-electron chi connectivity index (χ4n) is 1.58. The molecule has 3 nitrogen and oxygen atoms in total. The average Bonchev–Trinajstić information content (AvgIpc) is 2.34. The van der Waals surface area contributed by atoms with Crippen LogP contribution in [-0.2, 0) is 4.74 Å². The molecule has 17 heavy (non-hydrogen) atoms. The minimum Gasteiger partial charge on any atom is -0.508 e. The first-order valence-corrected chi connectivity index (χ1v) is 6.34. The zero-order valence-corrected chi connectivity index (χ0v) is 10.8. The highest BCUT2D eigenvalue weighted by Gasteiger charge is 2.03. The molecular weight excluding hydrogens is 214 g/mol. The van der Waals surface area contributed by atoms with E-state index in [4.69, 9.17) is 4.74 Å². The van der Waals surface area contributed by atoms with Gasteiger partial charge in [-0.3, -0.25) is 0 Å². The maximum Gasteiger partial charge on any atom is 0.115 e. The lowest BCUT2D eigenvalue weighted by Crippen LogP contribution is -2.23. The highest BCUT2D eigenvalue weighted by atomic mass is 16.5. The molecule has 0 bridgehead atoms. The molecule has 0 saturated heterocycles. The fraction of sp³-hybridized carbons (Fsp3) is 0.571. The van der Waals surface area contributed by atoms with Crippen LogP contribution < -0.4 is 5.32 Å². The Kier molecular flexibility index (Phi) is 6.67. The second-order valence-electron chi connectivity index (χ2n) is 4.23. The van der Waals surface area contributed by atoms with E-state index >= 15 is 0 Å². The van der Waals surface area contributed by atoms with Crippen molar-refractivity contribution in [3.8, 4) is 5.75 Å². The van der Waals surface area contributed by atoms with E-state index in [9.17, 15) is 5.11 Å². The number of phenolic OH excluding ortho intramolecular Hbond substituents is 1. The summed E-state index contributed by atoms with van der Waals surface area (Å²) in [4.78, 5) is 0. The van der Waals surface area contributed by atoms with Gasteiger partial charge in [-0.2, -0.15) is 0 Å². The monoisotopic (exact) mass is 237 g/mol. The average molecular weight is 237 g/mol. The summed E-state index contributed by atoms with van der Waals surface area (Å²) < 4.78 is 5.48.